The summed E-state index contributed by atoms with van der Waals surface area (Å²) in [4.78, 5) is 20.2. The number of unbranched alkanes of at least 4 members (excludes halogenated alkanes) is 1. The monoisotopic (exact) mass is 325 g/mol. The Morgan fingerprint density at radius 3 is 3.12 bits per heavy atom. The Kier molecular flexibility index (Phi) is 5.05. The summed E-state index contributed by atoms with van der Waals surface area (Å²) in [6.07, 6.45) is 6.83. The van der Waals surface area contributed by atoms with Gasteiger partial charge in [-0.15, -0.1) is 0 Å². The van der Waals surface area contributed by atoms with Crippen molar-refractivity contribution in [3.05, 3.63) is 54.5 Å². The molecule has 1 aromatic carbocycles. The maximum atomic E-state index is 11.9. The highest BCUT2D eigenvalue weighted by Crippen LogP contribution is 2.25. The highest BCUT2D eigenvalue weighted by Gasteiger charge is 2.12. The summed E-state index contributed by atoms with van der Waals surface area (Å²) in [5.41, 5.74) is 0.270. The first kappa shape index (κ1) is 16.0. The quantitative estimate of drug-likeness (QED) is 0.674. The van der Waals surface area contributed by atoms with Gasteiger partial charge in [0.15, 0.2) is 12.3 Å². The second-order valence-electron chi connectivity index (χ2n) is 5.38. The van der Waals surface area contributed by atoms with Crippen LogP contribution in [0.2, 0.25) is 0 Å². The average molecular weight is 325 g/mol. The standard InChI is InChI=1S/C18H19N3O3/c1-2-3-8-20-18(22)15-11-24-17(21-15)12-23-16-6-4-5-13-10-19-9-7-14(13)16/h4-7,9-11H,2-3,8,12H2,1H3,(H,20,22). The Labute approximate surface area is 139 Å². The van der Waals surface area contributed by atoms with E-state index < -0.39 is 0 Å². The van der Waals surface area contributed by atoms with Gasteiger partial charge in [-0.2, -0.15) is 0 Å². The minimum atomic E-state index is -0.227. The molecule has 0 bridgehead atoms. The second kappa shape index (κ2) is 7.59. The zero-order valence-corrected chi connectivity index (χ0v) is 13.5. The number of aromatic nitrogens is 2. The first-order valence-corrected chi connectivity index (χ1v) is 7.96. The van der Waals surface area contributed by atoms with Gasteiger partial charge in [0.2, 0.25) is 5.89 Å². The van der Waals surface area contributed by atoms with Crippen LogP contribution in [-0.4, -0.2) is 22.4 Å². The topological polar surface area (TPSA) is 77.2 Å². The second-order valence-corrected chi connectivity index (χ2v) is 5.38. The molecule has 6 heteroatoms. The van der Waals surface area contributed by atoms with Crippen molar-refractivity contribution in [2.75, 3.05) is 6.54 Å². The number of nitrogens with one attached hydrogen (secondary N) is 1. The Morgan fingerprint density at radius 2 is 2.25 bits per heavy atom. The number of carbonyl (C=O) groups excluding carboxylic acids is 1. The van der Waals surface area contributed by atoms with Crippen LogP contribution in [0.1, 0.15) is 36.1 Å². The summed E-state index contributed by atoms with van der Waals surface area (Å²) in [5.74, 6) is 0.860. The van der Waals surface area contributed by atoms with Gasteiger partial charge in [0, 0.05) is 29.7 Å². The van der Waals surface area contributed by atoms with Crippen molar-refractivity contribution in [1.82, 2.24) is 15.3 Å². The number of nitrogens with zero attached hydrogens (tertiary/aromatic N) is 2. The smallest absolute Gasteiger partial charge is 0.273 e. The van der Waals surface area contributed by atoms with E-state index in [4.69, 9.17) is 9.15 Å². The van der Waals surface area contributed by atoms with Crippen molar-refractivity contribution in [2.24, 2.45) is 0 Å². The van der Waals surface area contributed by atoms with E-state index >= 15 is 0 Å². The molecule has 0 saturated carbocycles. The predicted octanol–water partition coefficient (Wildman–Crippen LogP) is 3.33. The highest BCUT2D eigenvalue weighted by molar-refractivity contribution is 5.91. The van der Waals surface area contributed by atoms with Gasteiger partial charge in [-0.05, 0) is 18.6 Å². The van der Waals surface area contributed by atoms with Crippen LogP contribution in [0.5, 0.6) is 5.75 Å². The number of rotatable bonds is 7. The number of oxazole rings is 1. The lowest BCUT2D eigenvalue weighted by atomic mass is 10.1. The van der Waals surface area contributed by atoms with E-state index in [1.165, 1.54) is 6.26 Å². The summed E-state index contributed by atoms with van der Waals surface area (Å²) in [7, 11) is 0. The summed E-state index contributed by atoms with van der Waals surface area (Å²) >= 11 is 0. The maximum Gasteiger partial charge on any atom is 0.273 e. The minimum Gasteiger partial charge on any atom is -0.483 e. The third kappa shape index (κ3) is 3.71. The van der Waals surface area contributed by atoms with Gasteiger partial charge in [-0.1, -0.05) is 25.5 Å². The first-order valence-electron chi connectivity index (χ1n) is 7.96. The third-order valence-electron chi connectivity index (χ3n) is 3.59. The molecule has 3 aromatic rings. The van der Waals surface area contributed by atoms with Gasteiger partial charge in [0.05, 0.1) is 0 Å². The lowest BCUT2D eigenvalue weighted by molar-refractivity contribution is 0.0948. The summed E-state index contributed by atoms with van der Waals surface area (Å²) in [6.45, 7) is 2.86. The predicted molar refractivity (Wildman–Crippen MR) is 89.8 cm³/mol. The molecule has 1 N–H and O–H groups in total. The molecule has 0 spiro atoms. The molecule has 24 heavy (non-hydrogen) atoms. The van der Waals surface area contributed by atoms with Crippen molar-refractivity contribution < 1.29 is 13.9 Å². The summed E-state index contributed by atoms with van der Waals surface area (Å²) in [6, 6.07) is 7.65. The normalized spacial score (nSPS) is 10.7. The largest absolute Gasteiger partial charge is 0.483 e. The van der Waals surface area contributed by atoms with E-state index in [-0.39, 0.29) is 18.2 Å². The third-order valence-corrected chi connectivity index (χ3v) is 3.59. The molecule has 0 aliphatic heterocycles. The fourth-order valence-electron chi connectivity index (χ4n) is 2.31. The van der Waals surface area contributed by atoms with Gasteiger partial charge in [0.1, 0.15) is 12.0 Å². The van der Waals surface area contributed by atoms with Gasteiger partial charge < -0.3 is 14.5 Å². The van der Waals surface area contributed by atoms with Crippen molar-refractivity contribution >= 4 is 16.7 Å². The molecular formula is C18H19N3O3. The molecule has 0 unspecified atom stereocenters. The van der Waals surface area contributed by atoms with E-state index in [0.29, 0.717) is 12.4 Å². The molecule has 124 valence electrons. The fourth-order valence-corrected chi connectivity index (χ4v) is 2.31. The van der Waals surface area contributed by atoms with Gasteiger partial charge >= 0.3 is 0 Å². The van der Waals surface area contributed by atoms with Crippen LogP contribution < -0.4 is 10.1 Å². The maximum absolute atomic E-state index is 11.9. The van der Waals surface area contributed by atoms with Crippen LogP contribution in [0, 0.1) is 0 Å². The average Bonchev–Trinajstić information content (AvgIpc) is 3.09. The van der Waals surface area contributed by atoms with E-state index in [1.54, 1.807) is 12.4 Å². The Bertz CT molecular complexity index is 824. The Hall–Kier alpha value is -2.89. The van der Waals surface area contributed by atoms with Gasteiger partial charge in [0.25, 0.3) is 5.91 Å². The number of benzene rings is 1. The molecule has 0 atom stereocenters. The lowest BCUT2D eigenvalue weighted by Gasteiger charge is -2.06. The number of hydrogen-bond donors (Lipinski definition) is 1. The molecule has 0 saturated heterocycles. The van der Waals surface area contributed by atoms with Crippen molar-refractivity contribution in [1.29, 1.82) is 0 Å². The van der Waals surface area contributed by atoms with Crippen molar-refractivity contribution in [3.63, 3.8) is 0 Å². The van der Waals surface area contributed by atoms with Crippen LogP contribution in [0.3, 0.4) is 0 Å². The van der Waals surface area contributed by atoms with Crippen LogP contribution in [0.4, 0.5) is 0 Å². The van der Waals surface area contributed by atoms with Crippen LogP contribution in [0.15, 0.2) is 47.3 Å². The van der Waals surface area contributed by atoms with Crippen LogP contribution in [-0.2, 0) is 6.61 Å². The van der Waals surface area contributed by atoms with Crippen molar-refractivity contribution in [2.45, 2.75) is 26.4 Å². The number of fused-ring (bicyclic) bond motifs is 1. The molecule has 2 aromatic heterocycles. The Morgan fingerprint density at radius 1 is 1.33 bits per heavy atom. The molecule has 0 aliphatic carbocycles. The number of amides is 1. The summed E-state index contributed by atoms with van der Waals surface area (Å²) < 4.78 is 11.1. The molecule has 0 aliphatic rings. The summed E-state index contributed by atoms with van der Waals surface area (Å²) in [5, 5.41) is 4.77. The first-order chi connectivity index (χ1) is 11.8. The van der Waals surface area contributed by atoms with Crippen LogP contribution >= 0.6 is 0 Å². The van der Waals surface area contributed by atoms with E-state index in [0.717, 1.165) is 29.4 Å². The van der Waals surface area contributed by atoms with Gasteiger partial charge in [-0.3, -0.25) is 9.78 Å². The van der Waals surface area contributed by atoms with Gasteiger partial charge in [-0.25, -0.2) is 4.98 Å². The molecule has 6 nitrogen and oxygen atoms in total. The number of pyridine rings is 1. The zero-order chi connectivity index (χ0) is 16.8. The molecule has 1 amide bonds. The minimum absolute atomic E-state index is 0.156. The Balaban J connectivity index is 1.64. The molecule has 3 rings (SSSR count). The molecule has 0 radical (unpaired) electrons. The fraction of sp³-hybridized carbons (Fsp3) is 0.278. The van der Waals surface area contributed by atoms with E-state index in [2.05, 4.69) is 22.2 Å². The molecule has 2 heterocycles. The molecule has 0 fully saturated rings. The SMILES string of the molecule is CCCCNC(=O)c1coc(COc2cccc3cnccc23)n1. The number of carbonyl (C=O) groups is 1. The number of ether oxygens (including phenoxy) is 1. The highest BCUT2D eigenvalue weighted by atomic mass is 16.5. The molecular weight excluding hydrogens is 306 g/mol. The van der Waals surface area contributed by atoms with Crippen molar-refractivity contribution in [3.8, 4) is 5.75 Å². The zero-order valence-electron chi connectivity index (χ0n) is 13.5. The lowest BCUT2D eigenvalue weighted by Crippen LogP contribution is -2.24. The van der Waals surface area contributed by atoms with Crippen LogP contribution in [0.25, 0.3) is 10.8 Å². The van der Waals surface area contributed by atoms with E-state index in [1.807, 2.05) is 24.3 Å². The van der Waals surface area contributed by atoms with E-state index in [9.17, 15) is 4.79 Å². The number of hydrogen-bond acceptors (Lipinski definition) is 5.